The van der Waals surface area contributed by atoms with Crippen molar-refractivity contribution in [3.63, 3.8) is 0 Å². The number of phenols is 2. The maximum absolute atomic E-state index is 14.5. The summed E-state index contributed by atoms with van der Waals surface area (Å²) in [6.45, 7) is 7.41. The van der Waals surface area contributed by atoms with Crippen molar-refractivity contribution >= 4 is 34.4 Å². The number of benzene rings is 4. The Morgan fingerprint density at radius 3 is 2.09 bits per heavy atom. The summed E-state index contributed by atoms with van der Waals surface area (Å²) < 4.78 is 5.49. The Balaban J connectivity index is 1.73. The molecule has 3 amide bonds. The number of ether oxygens (including phenoxy) is 1. The molecule has 4 N–H and O–H groups in total. The van der Waals surface area contributed by atoms with Crippen LogP contribution in [-0.4, -0.2) is 51.2 Å². The molecule has 4 aromatic rings. The van der Waals surface area contributed by atoms with E-state index in [1.807, 2.05) is 49.4 Å². The van der Waals surface area contributed by atoms with Crippen molar-refractivity contribution in [3.05, 3.63) is 102 Å². The Labute approximate surface area is 263 Å². The van der Waals surface area contributed by atoms with Crippen molar-refractivity contribution in [1.29, 1.82) is 0 Å². The molecular formula is C36H41N3O6. The van der Waals surface area contributed by atoms with E-state index in [2.05, 4.69) is 10.6 Å². The van der Waals surface area contributed by atoms with Gasteiger partial charge in [0.1, 0.15) is 29.2 Å². The summed E-state index contributed by atoms with van der Waals surface area (Å²) in [6, 6.07) is 23.8. The van der Waals surface area contributed by atoms with Gasteiger partial charge in [-0.05, 0) is 85.5 Å². The molecule has 236 valence electrons. The van der Waals surface area contributed by atoms with Crippen LogP contribution in [0.5, 0.6) is 11.5 Å². The van der Waals surface area contributed by atoms with E-state index in [-0.39, 0.29) is 24.5 Å². The summed E-state index contributed by atoms with van der Waals surface area (Å²) >= 11 is 0. The van der Waals surface area contributed by atoms with Gasteiger partial charge < -0.3 is 30.5 Å². The van der Waals surface area contributed by atoms with Gasteiger partial charge in [0, 0.05) is 18.7 Å². The van der Waals surface area contributed by atoms with Gasteiger partial charge in [-0.2, -0.15) is 0 Å². The second-order valence-corrected chi connectivity index (χ2v) is 12.0. The highest BCUT2D eigenvalue weighted by Crippen LogP contribution is 2.28. The summed E-state index contributed by atoms with van der Waals surface area (Å²) in [4.78, 5) is 43.1. The first-order valence-corrected chi connectivity index (χ1v) is 15.1. The van der Waals surface area contributed by atoms with Gasteiger partial charge in [-0.15, -0.1) is 0 Å². The second kappa shape index (κ2) is 14.6. The van der Waals surface area contributed by atoms with Crippen molar-refractivity contribution < 1.29 is 29.3 Å². The van der Waals surface area contributed by atoms with Gasteiger partial charge in [-0.1, -0.05) is 67.9 Å². The predicted molar refractivity (Wildman–Crippen MR) is 175 cm³/mol. The lowest BCUT2D eigenvalue weighted by Gasteiger charge is -2.34. The zero-order chi connectivity index (χ0) is 32.6. The van der Waals surface area contributed by atoms with Crippen LogP contribution in [-0.2, 0) is 20.7 Å². The Bertz CT molecular complexity index is 1610. The Kier molecular flexibility index (Phi) is 10.7. The summed E-state index contributed by atoms with van der Waals surface area (Å²) in [5, 5.41) is 27.5. The number of aromatic hydroxyl groups is 2. The number of fused-ring (bicyclic) bond motifs is 1. The van der Waals surface area contributed by atoms with Gasteiger partial charge in [0.05, 0.1) is 0 Å². The molecule has 2 atom stereocenters. The molecule has 4 rings (SSSR count). The van der Waals surface area contributed by atoms with Gasteiger partial charge in [0.2, 0.25) is 5.91 Å². The van der Waals surface area contributed by atoms with Crippen LogP contribution >= 0.6 is 0 Å². The summed E-state index contributed by atoms with van der Waals surface area (Å²) in [5.41, 5.74) is 0.959. The third-order valence-electron chi connectivity index (χ3n) is 7.19. The zero-order valence-corrected chi connectivity index (χ0v) is 26.1. The first-order chi connectivity index (χ1) is 21.4. The molecule has 0 bridgehead atoms. The molecule has 0 saturated carbocycles. The van der Waals surface area contributed by atoms with E-state index in [9.17, 15) is 24.6 Å². The second-order valence-electron chi connectivity index (χ2n) is 12.0. The van der Waals surface area contributed by atoms with Crippen molar-refractivity contribution in [1.82, 2.24) is 10.2 Å². The normalized spacial score (nSPS) is 12.6. The van der Waals surface area contributed by atoms with E-state index >= 15 is 0 Å². The number of hydrogen-bond acceptors (Lipinski definition) is 6. The number of carbonyl (C=O) groups is 3. The molecule has 0 aliphatic heterocycles. The maximum atomic E-state index is 14.5. The van der Waals surface area contributed by atoms with E-state index in [0.29, 0.717) is 23.2 Å². The van der Waals surface area contributed by atoms with E-state index in [0.717, 1.165) is 17.2 Å². The summed E-state index contributed by atoms with van der Waals surface area (Å²) in [6.07, 6.45) is 0.676. The molecule has 0 radical (unpaired) electrons. The topological polar surface area (TPSA) is 128 Å². The minimum Gasteiger partial charge on any atom is -0.508 e. The van der Waals surface area contributed by atoms with E-state index in [1.165, 1.54) is 29.2 Å². The lowest BCUT2D eigenvalue weighted by Crippen LogP contribution is -2.53. The van der Waals surface area contributed by atoms with Gasteiger partial charge in [-0.25, -0.2) is 4.79 Å². The molecule has 9 nitrogen and oxygen atoms in total. The highest BCUT2D eigenvalue weighted by Gasteiger charge is 2.36. The van der Waals surface area contributed by atoms with E-state index in [4.69, 9.17) is 4.74 Å². The van der Waals surface area contributed by atoms with Gasteiger partial charge in [-0.3, -0.25) is 9.59 Å². The quantitative estimate of drug-likeness (QED) is 0.150. The first kappa shape index (κ1) is 32.9. The number of unbranched alkanes of at least 4 members (excludes halogenated alkanes) is 1. The highest BCUT2D eigenvalue weighted by atomic mass is 16.6. The minimum atomic E-state index is -1.09. The van der Waals surface area contributed by atoms with Crippen molar-refractivity contribution in [3.8, 4) is 11.5 Å². The van der Waals surface area contributed by atoms with Gasteiger partial charge >= 0.3 is 6.09 Å². The number of phenolic OH excluding ortho intramolecular Hbond substituents is 2. The van der Waals surface area contributed by atoms with Crippen LogP contribution in [0.25, 0.3) is 10.8 Å². The molecule has 2 unspecified atom stereocenters. The lowest BCUT2D eigenvalue weighted by molar-refractivity contribution is -0.140. The molecule has 4 aromatic carbocycles. The highest BCUT2D eigenvalue weighted by molar-refractivity contribution is 6.00. The number of alkyl carbamates (subject to hydrolysis) is 1. The molecule has 0 fully saturated rings. The lowest BCUT2D eigenvalue weighted by atomic mass is 9.99. The molecule has 0 saturated heterocycles. The van der Waals surface area contributed by atoms with Crippen molar-refractivity contribution in [2.75, 3.05) is 11.9 Å². The van der Waals surface area contributed by atoms with Crippen LogP contribution < -0.4 is 10.6 Å². The molecule has 0 aliphatic carbocycles. The van der Waals surface area contributed by atoms with E-state index < -0.39 is 35.6 Å². The fourth-order valence-corrected chi connectivity index (χ4v) is 5.02. The average Bonchev–Trinajstić information content (AvgIpc) is 2.99. The number of anilines is 1. The molecule has 0 spiro atoms. The third kappa shape index (κ3) is 9.22. The number of carbonyl (C=O) groups excluding carboxylic acids is 3. The fourth-order valence-electron chi connectivity index (χ4n) is 5.02. The van der Waals surface area contributed by atoms with Crippen LogP contribution in [0.3, 0.4) is 0 Å². The molecule has 9 heteroatoms. The van der Waals surface area contributed by atoms with Crippen LogP contribution in [0.1, 0.15) is 57.7 Å². The molecule has 0 aromatic heterocycles. The Morgan fingerprint density at radius 1 is 0.844 bits per heavy atom. The monoisotopic (exact) mass is 611 g/mol. The first-order valence-electron chi connectivity index (χ1n) is 15.1. The van der Waals surface area contributed by atoms with E-state index in [1.54, 1.807) is 45.0 Å². The smallest absolute Gasteiger partial charge is 0.408 e. The van der Waals surface area contributed by atoms with Crippen LogP contribution in [0.15, 0.2) is 91.0 Å². The third-order valence-corrected chi connectivity index (χ3v) is 7.19. The summed E-state index contributed by atoms with van der Waals surface area (Å²) in [7, 11) is 0. The Morgan fingerprint density at radius 2 is 1.47 bits per heavy atom. The van der Waals surface area contributed by atoms with Crippen LogP contribution in [0, 0.1) is 0 Å². The van der Waals surface area contributed by atoms with Crippen LogP contribution in [0.4, 0.5) is 10.5 Å². The minimum absolute atomic E-state index is 0.0238. The molecule has 0 heterocycles. The molecular weight excluding hydrogens is 570 g/mol. The summed E-state index contributed by atoms with van der Waals surface area (Å²) in [5.74, 6) is -0.824. The van der Waals surface area contributed by atoms with Crippen LogP contribution in [0.2, 0.25) is 0 Å². The largest absolute Gasteiger partial charge is 0.508 e. The fraction of sp³-hybridized carbons (Fsp3) is 0.306. The number of rotatable bonds is 11. The standard InChI is InChI=1S/C36H41N3O6/c1-5-6-21-39(34(43)31(38-35(44)45-36(2,3)4)22-24-11-17-29(40)18-12-24)32(26-14-19-30(41)20-15-26)33(42)37-28-16-13-25-9-7-8-10-27(25)23-28/h7-20,23,31-32,40-41H,5-6,21-22H2,1-4H3,(H,37,42)(H,38,44). The SMILES string of the molecule is CCCCN(C(=O)C(Cc1ccc(O)cc1)NC(=O)OC(C)(C)C)C(C(=O)Nc1ccc2ccccc2c1)c1ccc(O)cc1. The molecule has 0 aliphatic rings. The molecule has 45 heavy (non-hydrogen) atoms. The zero-order valence-electron chi connectivity index (χ0n) is 26.1. The number of hydrogen-bond donors (Lipinski definition) is 4. The number of nitrogens with zero attached hydrogens (tertiary/aromatic N) is 1. The number of amides is 3. The number of nitrogens with one attached hydrogen (secondary N) is 2. The maximum Gasteiger partial charge on any atom is 0.408 e. The van der Waals surface area contributed by atoms with Gasteiger partial charge in [0.15, 0.2) is 0 Å². The Hall–Kier alpha value is -5.05. The average molecular weight is 612 g/mol. The predicted octanol–water partition coefficient (Wildman–Crippen LogP) is 6.70. The van der Waals surface area contributed by atoms with Crippen molar-refractivity contribution in [2.24, 2.45) is 0 Å². The van der Waals surface area contributed by atoms with Crippen molar-refractivity contribution in [2.45, 2.75) is 64.6 Å². The van der Waals surface area contributed by atoms with Gasteiger partial charge in [0.25, 0.3) is 5.91 Å².